The molecule has 0 aliphatic carbocycles. The molecule has 0 unspecified atom stereocenters. The van der Waals surface area contributed by atoms with Crippen molar-refractivity contribution in [2.45, 2.75) is 20.4 Å². The van der Waals surface area contributed by atoms with Gasteiger partial charge in [0.1, 0.15) is 10.7 Å². The highest BCUT2D eigenvalue weighted by atomic mass is 32.1. The maximum atomic E-state index is 12.4. The topological polar surface area (TPSA) is 73.5 Å². The first-order valence-electron chi connectivity index (χ1n) is 8.72. The number of aromatic amines is 1. The van der Waals surface area contributed by atoms with E-state index in [9.17, 15) is 4.79 Å². The number of fused-ring (bicyclic) bond motifs is 1. The lowest BCUT2D eigenvalue weighted by atomic mass is 10.2. The molecule has 2 aromatic rings. The zero-order valence-electron chi connectivity index (χ0n) is 15.4. The van der Waals surface area contributed by atoms with Gasteiger partial charge in [-0.1, -0.05) is 0 Å². The molecule has 1 aliphatic rings. The third kappa shape index (κ3) is 4.22. The van der Waals surface area contributed by atoms with E-state index in [1.54, 1.807) is 18.4 Å². The summed E-state index contributed by atoms with van der Waals surface area (Å²) >= 11 is 7.01. The van der Waals surface area contributed by atoms with Crippen LogP contribution in [0.3, 0.4) is 0 Å². The van der Waals surface area contributed by atoms with Crippen molar-refractivity contribution in [1.29, 1.82) is 0 Å². The Morgan fingerprint density at radius 1 is 1.35 bits per heavy atom. The summed E-state index contributed by atoms with van der Waals surface area (Å²) in [6.45, 7) is 9.53. The Balaban J connectivity index is 1.59. The van der Waals surface area contributed by atoms with E-state index in [-0.39, 0.29) is 5.56 Å². The van der Waals surface area contributed by atoms with E-state index >= 15 is 0 Å². The maximum Gasteiger partial charge on any atom is 0.259 e. The molecular formula is C17H25N5O2S2. The number of rotatable bonds is 5. The van der Waals surface area contributed by atoms with E-state index in [4.69, 9.17) is 17.0 Å². The Kier molecular flexibility index (Phi) is 6.23. The van der Waals surface area contributed by atoms with Crippen molar-refractivity contribution in [3.8, 4) is 0 Å². The number of nitrogens with one attached hydrogen (secondary N) is 2. The van der Waals surface area contributed by atoms with Crippen LogP contribution in [0.25, 0.3) is 10.2 Å². The second kappa shape index (κ2) is 8.43. The number of piperazine rings is 1. The summed E-state index contributed by atoms with van der Waals surface area (Å²) in [6, 6.07) is 0. The molecule has 1 saturated heterocycles. The Morgan fingerprint density at radius 2 is 2.08 bits per heavy atom. The normalized spacial score (nSPS) is 15.6. The predicted octanol–water partition coefficient (Wildman–Crippen LogP) is 1.24. The van der Waals surface area contributed by atoms with Gasteiger partial charge in [0.2, 0.25) is 0 Å². The summed E-state index contributed by atoms with van der Waals surface area (Å²) in [5.41, 5.74) is 1.00. The lowest BCUT2D eigenvalue weighted by molar-refractivity contribution is 0.169. The number of ether oxygens (including phenoxy) is 1. The van der Waals surface area contributed by atoms with E-state index in [0.29, 0.717) is 13.2 Å². The van der Waals surface area contributed by atoms with E-state index in [1.165, 1.54) is 0 Å². The molecule has 0 radical (unpaired) electrons. The van der Waals surface area contributed by atoms with Crippen molar-refractivity contribution in [1.82, 2.24) is 25.1 Å². The number of hydrogen-bond donors (Lipinski definition) is 2. The summed E-state index contributed by atoms with van der Waals surface area (Å²) in [5, 5.41) is 4.72. The van der Waals surface area contributed by atoms with E-state index in [2.05, 4.69) is 25.1 Å². The predicted molar refractivity (Wildman–Crippen MR) is 109 cm³/mol. The number of hydrogen-bond acceptors (Lipinski definition) is 6. The second-order valence-corrected chi connectivity index (χ2v) is 8.05. The van der Waals surface area contributed by atoms with Crippen LogP contribution in [0.1, 0.15) is 16.3 Å². The summed E-state index contributed by atoms with van der Waals surface area (Å²) in [5.74, 6) is 0.734. The number of thiocarbonyl (C=S) groups is 1. The molecule has 2 N–H and O–H groups in total. The molecule has 142 valence electrons. The highest BCUT2D eigenvalue weighted by Crippen LogP contribution is 2.25. The molecule has 0 amide bonds. The van der Waals surface area contributed by atoms with Gasteiger partial charge in [0.25, 0.3) is 5.56 Å². The van der Waals surface area contributed by atoms with Crippen molar-refractivity contribution in [3.63, 3.8) is 0 Å². The van der Waals surface area contributed by atoms with Crippen LogP contribution in [-0.4, -0.2) is 71.3 Å². The zero-order chi connectivity index (χ0) is 18.7. The monoisotopic (exact) mass is 395 g/mol. The van der Waals surface area contributed by atoms with Crippen molar-refractivity contribution >= 4 is 38.9 Å². The van der Waals surface area contributed by atoms with Crippen LogP contribution in [0.15, 0.2) is 4.79 Å². The van der Waals surface area contributed by atoms with Gasteiger partial charge < -0.3 is 19.9 Å². The van der Waals surface area contributed by atoms with Crippen LogP contribution in [-0.2, 0) is 11.3 Å². The van der Waals surface area contributed by atoms with Gasteiger partial charge in [-0.2, -0.15) is 0 Å². The summed E-state index contributed by atoms with van der Waals surface area (Å²) in [4.78, 5) is 26.5. The zero-order valence-corrected chi connectivity index (χ0v) is 17.1. The first kappa shape index (κ1) is 19.2. The van der Waals surface area contributed by atoms with Crippen LogP contribution < -0.4 is 10.9 Å². The third-order valence-corrected chi connectivity index (χ3v) is 6.21. The van der Waals surface area contributed by atoms with Gasteiger partial charge in [-0.3, -0.25) is 9.69 Å². The van der Waals surface area contributed by atoms with Gasteiger partial charge in [0, 0.05) is 44.7 Å². The largest absolute Gasteiger partial charge is 0.383 e. The summed E-state index contributed by atoms with van der Waals surface area (Å²) < 4.78 is 5.03. The van der Waals surface area contributed by atoms with Crippen molar-refractivity contribution in [2.75, 3.05) is 46.4 Å². The fourth-order valence-electron chi connectivity index (χ4n) is 3.07. The molecule has 0 saturated carbocycles. The lowest BCUT2D eigenvalue weighted by Gasteiger charge is -2.35. The molecule has 2 aromatic heterocycles. The van der Waals surface area contributed by atoms with Gasteiger partial charge in [0.15, 0.2) is 5.11 Å². The first-order chi connectivity index (χ1) is 12.5. The Morgan fingerprint density at radius 3 is 2.77 bits per heavy atom. The van der Waals surface area contributed by atoms with Crippen LogP contribution in [0.4, 0.5) is 0 Å². The average molecular weight is 396 g/mol. The highest BCUT2D eigenvalue weighted by molar-refractivity contribution is 7.80. The smallest absolute Gasteiger partial charge is 0.259 e. The minimum absolute atomic E-state index is 0.0333. The molecule has 1 fully saturated rings. The Hall–Kier alpha value is -1.55. The number of nitrogens with zero attached hydrogens (tertiary/aromatic N) is 3. The van der Waals surface area contributed by atoms with Gasteiger partial charge >= 0.3 is 0 Å². The highest BCUT2D eigenvalue weighted by Gasteiger charge is 2.20. The van der Waals surface area contributed by atoms with E-state index in [1.807, 2.05) is 13.8 Å². The van der Waals surface area contributed by atoms with Crippen LogP contribution in [0.5, 0.6) is 0 Å². The molecule has 0 atom stereocenters. The number of aromatic nitrogens is 2. The lowest BCUT2D eigenvalue weighted by Crippen LogP contribution is -2.51. The molecule has 7 nitrogen and oxygen atoms in total. The van der Waals surface area contributed by atoms with Crippen molar-refractivity contribution < 1.29 is 4.74 Å². The molecular weight excluding hydrogens is 370 g/mol. The molecule has 0 spiro atoms. The molecule has 0 bridgehead atoms. The minimum Gasteiger partial charge on any atom is -0.383 e. The first-order valence-corrected chi connectivity index (χ1v) is 9.95. The SMILES string of the molecule is COCCNC(=S)N1CCN(Cc2nc3sc(C)c(C)c3c(=O)[nH]2)CC1. The number of thiophene rings is 1. The van der Waals surface area contributed by atoms with Crippen LogP contribution in [0.2, 0.25) is 0 Å². The van der Waals surface area contributed by atoms with Gasteiger partial charge in [-0.25, -0.2) is 4.98 Å². The number of aryl methyl sites for hydroxylation is 2. The van der Waals surface area contributed by atoms with E-state index in [0.717, 1.165) is 64.3 Å². The standard InChI is InChI=1S/C17H25N5O2S2/c1-11-12(2)26-16-14(11)15(23)19-13(20-16)10-21-5-7-22(8-6-21)17(25)18-4-9-24-3/h4-10H2,1-3H3,(H,18,25)(H,19,20,23). The average Bonchev–Trinajstić information content (AvgIpc) is 2.90. The minimum atomic E-state index is -0.0333. The van der Waals surface area contributed by atoms with Gasteiger partial charge in [-0.05, 0) is 31.6 Å². The van der Waals surface area contributed by atoms with Gasteiger partial charge in [-0.15, -0.1) is 11.3 Å². The fourth-order valence-corrected chi connectivity index (χ4v) is 4.40. The quantitative estimate of drug-likeness (QED) is 0.583. The molecule has 26 heavy (non-hydrogen) atoms. The maximum absolute atomic E-state index is 12.4. The third-order valence-electron chi connectivity index (χ3n) is 4.70. The van der Waals surface area contributed by atoms with Crippen LogP contribution >= 0.6 is 23.6 Å². The number of H-pyrrole nitrogens is 1. The fraction of sp³-hybridized carbons (Fsp3) is 0.588. The second-order valence-electron chi connectivity index (χ2n) is 6.46. The number of methoxy groups -OCH3 is 1. The van der Waals surface area contributed by atoms with Crippen LogP contribution in [0, 0.1) is 13.8 Å². The van der Waals surface area contributed by atoms with Gasteiger partial charge in [0.05, 0.1) is 18.5 Å². The Bertz CT molecular complexity index is 840. The Labute approximate surface area is 162 Å². The molecule has 1 aliphatic heterocycles. The van der Waals surface area contributed by atoms with Crippen molar-refractivity contribution in [2.24, 2.45) is 0 Å². The molecule has 0 aromatic carbocycles. The molecule has 9 heteroatoms. The summed E-state index contributed by atoms with van der Waals surface area (Å²) in [6.07, 6.45) is 0. The molecule has 3 rings (SSSR count). The van der Waals surface area contributed by atoms with E-state index < -0.39 is 0 Å². The summed E-state index contributed by atoms with van der Waals surface area (Å²) in [7, 11) is 1.68. The molecule has 3 heterocycles. The van der Waals surface area contributed by atoms with Crippen molar-refractivity contribution in [3.05, 3.63) is 26.6 Å².